The molecule has 0 saturated carbocycles. The first-order valence-electron chi connectivity index (χ1n) is 9.62. The van der Waals surface area contributed by atoms with Crippen LogP contribution in [0.5, 0.6) is 0 Å². The normalized spacial score (nSPS) is 11.8. The van der Waals surface area contributed by atoms with Crippen LogP contribution in [-0.4, -0.2) is 46.6 Å². The van der Waals surface area contributed by atoms with Gasteiger partial charge < -0.3 is 0 Å². The zero-order chi connectivity index (χ0) is 22.7. The highest BCUT2D eigenvalue weighted by molar-refractivity contribution is 7.98. The Kier molecular flexibility index (Phi) is 6.61. The molecule has 0 aliphatic carbocycles. The molecule has 7 nitrogen and oxygen atoms in total. The zero-order valence-corrected chi connectivity index (χ0v) is 19.8. The minimum absolute atomic E-state index is 0.261. The molecule has 32 heavy (non-hydrogen) atoms. The Labute approximate surface area is 196 Å². The van der Waals surface area contributed by atoms with Crippen LogP contribution in [0.15, 0.2) is 83.1 Å². The molecule has 0 bridgehead atoms. The Bertz CT molecular complexity index is 1320. The van der Waals surface area contributed by atoms with Gasteiger partial charge in [-0.05, 0) is 54.1 Å². The topological polar surface area (TPSA) is 81.0 Å². The molecule has 0 saturated heterocycles. The van der Waals surface area contributed by atoms with E-state index in [0.29, 0.717) is 21.8 Å². The lowest BCUT2D eigenvalue weighted by Crippen LogP contribution is -2.22. The molecule has 164 valence electrons. The van der Waals surface area contributed by atoms with Crippen molar-refractivity contribution in [3.05, 3.63) is 83.6 Å². The van der Waals surface area contributed by atoms with Crippen LogP contribution in [0.4, 0.5) is 0 Å². The van der Waals surface area contributed by atoms with Crippen molar-refractivity contribution in [2.75, 3.05) is 14.1 Å². The summed E-state index contributed by atoms with van der Waals surface area (Å²) in [7, 11) is -0.457. The molecule has 0 unspecified atom stereocenters. The Morgan fingerprint density at radius 3 is 2.41 bits per heavy atom. The first kappa shape index (κ1) is 22.5. The summed E-state index contributed by atoms with van der Waals surface area (Å²) in [6.07, 6.45) is 3.42. The molecule has 2 aromatic heterocycles. The van der Waals surface area contributed by atoms with Gasteiger partial charge in [0.25, 0.3) is 0 Å². The van der Waals surface area contributed by atoms with Gasteiger partial charge in [0.05, 0.1) is 4.90 Å². The van der Waals surface area contributed by atoms with Crippen molar-refractivity contribution in [2.45, 2.75) is 15.8 Å². The highest BCUT2D eigenvalue weighted by atomic mass is 35.5. The summed E-state index contributed by atoms with van der Waals surface area (Å²) >= 11 is 7.55. The molecule has 0 aliphatic rings. The molecule has 2 heterocycles. The van der Waals surface area contributed by atoms with E-state index in [9.17, 15) is 8.42 Å². The van der Waals surface area contributed by atoms with Crippen LogP contribution in [0.3, 0.4) is 0 Å². The summed E-state index contributed by atoms with van der Waals surface area (Å²) in [5.41, 5.74) is 2.63. The fourth-order valence-corrected chi connectivity index (χ4v) is 5.02. The summed E-state index contributed by atoms with van der Waals surface area (Å²) in [4.78, 5) is 4.34. The van der Waals surface area contributed by atoms with Gasteiger partial charge in [-0.2, -0.15) is 0 Å². The summed E-state index contributed by atoms with van der Waals surface area (Å²) in [5.74, 6) is 1.21. The molecule has 0 amide bonds. The van der Waals surface area contributed by atoms with E-state index in [1.54, 1.807) is 30.6 Å². The van der Waals surface area contributed by atoms with Crippen LogP contribution in [0, 0.1) is 0 Å². The Morgan fingerprint density at radius 2 is 1.72 bits per heavy atom. The van der Waals surface area contributed by atoms with Gasteiger partial charge in [0.15, 0.2) is 11.0 Å². The van der Waals surface area contributed by atoms with Crippen LogP contribution in [-0.2, 0) is 15.8 Å². The fraction of sp³-hybridized carbons (Fsp3) is 0.136. The third kappa shape index (κ3) is 4.71. The second-order valence-electron chi connectivity index (χ2n) is 7.08. The molecule has 4 rings (SSSR count). The lowest BCUT2D eigenvalue weighted by atomic mass is 10.2. The number of aromatic nitrogens is 4. The van der Waals surface area contributed by atoms with Crippen molar-refractivity contribution in [1.82, 2.24) is 24.1 Å². The Morgan fingerprint density at radius 1 is 1.00 bits per heavy atom. The van der Waals surface area contributed by atoms with Crippen LogP contribution < -0.4 is 0 Å². The van der Waals surface area contributed by atoms with Crippen molar-refractivity contribution < 1.29 is 8.42 Å². The molecule has 0 aliphatic heterocycles. The molecule has 2 aromatic carbocycles. The third-order valence-corrected chi connectivity index (χ3v) is 7.76. The van der Waals surface area contributed by atoms with Gasteiger partial charge in [0.1, 0.15) is 0 Å². The smallest absolute Gasteiger partial charge is 0.242 e. The van der Waals surface area contributed by atoms with Crippen molar-refractivity contribution in [1.29, 1.82) is 0 Å². The van der Waals surface area contributed by atoms with E-state index in [1.807, 2.05) is 47.0 Å². The molecule has 10 heteroatoms. The number of halogens is 1. The van der Waals surface area contributed by atoms with Crippen LogP contribution in [0.25, 0.3) is 17.1 Å². The summed E-state index contributed by atoms with van der Waals surface area (Å²) in [6.45, 7) is 0. The number of pyridine rings is 1. The van der Waals surface area contributed by atoms with Gasteiger partial charge in [-0.25, -0.2) is 12.7 Å². The summed E-state index contributed by atoms with van der Waals surface area (Å²) in [6, 6.07) is 18.1. The maximum atomic E-state index is 12.5. The number of nitrogens with zero attached hydrogens (tertiary/aromatic N) is 5. The molecule has 0 N–H and O–H groups in total. The maximum absolute atomic E-state index is 12.5. The first-order chi connectivity index (χ1) is 15.4. The van der Waals surface area contributed by atoms with E-state index >= 15 is 0 Å². The molecule has 4 aromatic rings. The number of rotatable bonds is 7. The second kappa shape index (κ2) is 9.41. The van der Waals surface area contributed by atoms with Gasteiger partial charge >= 0.3 is 0 Å². The number of benzene rings is 2. The highest BCUT2D eigenvalue weighted by Crippen LogP contribution is 2.30. The van der Waals surface area contributed by atoms with E-state index in [1.165, 1.54) is 30.2 Å². The minimum Gasteiger partial charge on any atom is -0.270 e. The molecule has 0 fully saturated rings. The minimum atomic E-state index is -3.50. The van der Waals surface area contributed by atoms with Gasteiger partial charge in [-0.15, -0.1) is 10.2 Å². The van der Waals surface area contributed by atoms with Crippen molar-refractivity contribution >= 4 is 33.4 Å². The summed E-state index contributed by atoms with van der Waals surface area (Å²) in [5, 5.41) is 10.1. The molecule has 0 radical (unpaired) electrons. The van der Waals surface area contributed by atoms with Crippen LogP contribution in [0.2, 0.25) is 5.02 Å². The van der Waals surface area contributed by atoms with Crippen molar-refractivity contribution in [3.63, 3.8) is 0 Å². The number of hydrogen-bond acceptors (Lipinski definition) is 6. The van der Waals surface area contributed by atoms with E-state index in [4.69, 9.17) is 11.6 Å². The van der Waals surface area contributed by atoms with E-state index in [-0.39, 0.29) is 4.90 Å². The summed E-state index contributed by atoms with van der Waals surface area (Å²) < 4.78 is 28.1. The van der Waals surface area contributed by atoms with Gasteiger partial charge in [-0.1, -0.05) is 35.5 Å². The predicted molar refractivity (Wildman–Crippen MR) is 126 cm³/mol. The average Bonchev–Trinajstić information content (AvgIpc) is 3.23. The lowest BCUT2D eigenvalue weighted by molar-refractivity contribution is 0.520. The number of thioether (sulfide) groups is 1. The van der Waals surface area contributed by atoms with Gasteiger partial charge in [0.2, 0.25) is 10.0 Å². The van der Waals surface area contributed by atoms with Crippen molar-refractivity contribution in [3.8, 4) is 17.1 Å². The second-order valence-corrected chi connectivity index (χ2v) is 10.6. The van der Waals surface area contributed by atoms with Crippen molar-refractivity contribution in [2.24, 2.45) is 0 Å². The van der Waals surface area contributed by atoms with Crippen LogP contribution >= 0.6 is 23.4 Å². The zero-order valence-electron chi connectivity index (χ0n) is 17.4. The maximum Gasteiger partial charge on any atom is 0.242 e. The molecule has 0 spiro atoms. The monoisotopic (exact) mass is 485 g/mol. The fourth-order valence-electron chi connectivity index (χ4n) is 3.03. The number of hydrogen-bond donors (Lipinski definition) is 0. The average molecular weight is 486 g/mol. The Hall–Kier alpha value is -2.72. The lowest BCUT2D eigenvalue weighted by Gasteiger charge is -2.13. The number of sulfonamides is 1. The standard InChI is InChI=1S/C22H20ClN5O2S2/c1-27(2)32(29,30)20-5-3-4-16(14-20)15-31-22-26-25-21(17-10-12-24-13-11-17)28(22)19-8-6-18(23)7-9-19/h3-14H,15H2,1-2H3. The molecule has 0 atom stereocenters. The van der Waals surface area contributed by atoms with E-state index < -0.39 is 10.0 Å². The first-order valence-corrected chi connectivity index (χ1v) is 12.4. The van der Waals surface area contributed by atoms with E-state index in [2.05, 4.69) is 15.2 Å². The highest BCUT2D eigenvalue weighted by Gasteiger charge is 2.19. The van der Waals surface area contributed by atoms with Crippen LogP contribution in [0.1, 0.15) is 5.56 Å². The quantitative estimate of drug-likeness (QED) is 0.358. The SMILES string of the molecule is CN(C)S(=O)(=O)c1cccc(CSc2nnc(-c3ccncc3)n2-c2ccc(Cl)cc2)c1. The van der Waals surface area contributed by atoms with E-state index in [0.717, 1.165) is 16.8 Å². The largest absolute Gasteiger partial charge is 0.270 e. The van der Waals surface area contributed by atoms with Gasteiger partial charge in [-0.3, -0.25) is 9.55 Å². The Balaban J connectivity index is 1.68. The molecular formula is C22H20ClN5O2S2. The van der Waals surface area contributed by atoms with Gasteiger partial charge in [0, 0.05) is 48.5 Å². The molecular weight excluding hydrogens is 466 g/mol. The third-order valence-electron chi connectivity index (χ3n) is 4.70. The predicted octanol–water partition coefficient (Wildman–Crippen LogP) is 4.53.